The second kappa shape index (κ2) is 4.39. The van der Waals surface area contributed by atoms with Crippen molar-refractivity contribution in [1.29, 1.82) is 0 Å². The molecule has 0 saturated carbocycles. The van der Waals surface area contributed by atoms with Gasteiger partial charge in [-0.25, -0.2) is 0 Å². The number of rotatable bonds is 2. The summed E-state index contributed by atoms with van der Waals surface area (Å²) in [7, 11) is 0. The van der Waals surface area contributed by atoms with Gasteiger partial charge in [-0.05, 0) is 18.2 Å². The Morgan fingerprint density at radius 1 is 1.29 bits per heavy atom. The van der Waals surface area contributed by atoms with Gasteiger partial charge in [0.05, 0.1) is 6.42 Å². The standard InChI is InChI=1S/C12H14N4O/c13-10-6-8-12(14,9-7-10)16(17)15-11-4-2-1-3-5-11/h1-8H,9,13-14H2. The average molecular weight is 230 g/mol. The molecule has 0 fully saturated rings. The lowest BCUT2D eigenvalue weighted by Gasteiger charge is -2.22. The molecule has 0 bridgehead atoms. The fraction of sp³-hybridized carbons (Fsp3) is 0.167. The SMILES string of the molecule is NC1=CCC(N)([N+]([O-])=Nc2ccccc2)C=C1. The predicted octanol–water partition coefficient (Wildman–Crippen LogP) is 1.74. The predicted molar refractivity (Wildman–Crippen MR) is 65.1 cm³/mol. The van der Waals surface area contributed by atoms with Crippen LogP contribution in [0, 0.1) is 5.21 Å². The molecule has 0 saturated heterocycles. The van der Waals surface area contributed by atoms with E-state index in [1.54, 1.807) is 30.4 Å². The highest BCUT2D eigenvalue weighted by atomic mass is 16.5. The van der Waals surface area contributed by atoms with E-state index in [0.29, 0.717) is 22.7 Å². The molecular weight excluding hydrogens is 216 g/mol. The molecule has 17 heavy (non-hydrogen) atoms. The van der Waals surface area contributed by atoms with Crippen LogP contribution in [0.5, 0.6) is 0 Å². The van der Waals surface area contributed by atoms with Crippen molar-refractivity contribution in [2.45, 2.75) is 12.1 Å². The third-order valence-corrected chi connectivity index (χ3v) is 2.55. The van der Waals surface area contributed by atoms with E-state index in [-0.39, 0.29) is 0 Å². The van der Waals surface area contributed by atoms with Gasteiger partial charge in [-0.15, -0.1) is 0 Å². The first-order chi connectivity index (χ1) is 8.10. The van der Waals surface area contributed by atoms with Crippen molar-refractivity contribution in [3.05, 3.63) is 59.5 Å². The van der Waals surface area contributed by atoms with Gasteiger partial charge in [-0.3, -0.25) is 5.73 Å². The summed E-state index contributed by atoms with van der Waals surface area (Å²) in [5, 5.41) is 15.8. The number of hydrogen-bond acceptors (Lipinski definition) is 4. The van der Waals surface area contributed by atoms with E-state index in [9.17, 15) is 5.21 Å². The second-order valence-electron chi connectivity index (χ2n) is 3.94. The van der Waals surface area contributed by atoms with Gasteiger partial charge in [-0.1, -0.05) is 29.1 Å². The van der Waals surface area contributed by atoms with E-state index in [0.717, 1.165) is 0 Å². The summed E-state index contributed by atoms with van der Waals surface area (Å²) in [6.07, 6.45) is 5.25. The van der Waals surface area contributed by atoms with Crippen molar-refractivity contribution < 1.29 is 4.86 Å². The summed E-state index contributed by atoms with van der Waals surface area (Å²) in [4.78, 5) is 0.516. The molecule has 5 nitrogen and oxygen atoms in total. The van der Waals surface area contributed by atoms with Crippen LogP contribution in [0.3, 0.4) is 0 Å². The van der Waals surface area contributed by atoms with Crippen molar-refractivity contribution in [2.24, 2.45) is 16.6 Å². The van der Waals surface area contributed by atoms with Gasteiger partial charge < -0.3 is 10.9 Å². The molecule has 5 heteroatoms. The third kappa shape index (κ3) is 2.51. The van der Waals surface area contributed by atoms with Gasteiger partial charge in [0.2, 0.25) is 0 Å². The highest BCUT2D eigenvalue weighted by molar-refractivity contribution is 5.34. The Bertz CT molecular complexity index is 492. The Hall–Kier alpha value is -2.14. The average Bonchev–Trinajstić information content (AvgIpc) is 2.34. The summed E-state index contributed by atoms with van der Waals surface area (Å²) in [5.41, 5.74) is 11.6. The molecule has 0 aliphatic heterocycles. The number of nitrogens with zero attached hydrogens (tertiary/aromatic N) is 2. The first-order valence-electron chi connectivity index (χ1n) is 5.28. The van der Waals surface area contributed by atoms with Gasteiger partial charge in [0.1, 0.15) is 5.69 Å². The monoisotopic (exact) mass is 230 g/mol. The lowest BCUT2D eigenvalue weighted by molar-refractivity contribution is -0.593. The smallest absolute Gasteiger partial charge is 0.273 e. The summed E-state index contributed by atoms with van der Waals surface area (Å²) in [5.74, 6) is 0. The van der Waals surface area contributed by atoms with Crippen molar-refractivity contribution in [1.82, 2.24) is 0 Å². The zero-order valence-corrected chi connectivity index (χ0v) is 9.28. The summed E-state index contributed by atoms with van der Waals surface area (Å²) in [6, 6.07) is 8.96. The molecule has 88 valence electrons. The van der Waals surface area contributed by atoms with Crippen LogP contribution in [0.2, 0.25) is 0 Å². The molecule has 1 aliphatic carbocycles. The molecule has 0 amide bonds. The molecule has 4 N–H and O–H groups in total. The van der Waals surface area contributed by atoms with E-state index in [1.807, 2.05) is 18.2 Å². The van der Waals surface area contributed by atoms with E-state index < -0.39 is 5.66 Å². The molecule has 0 spiro atoms. The number of hydroxylamine groups is 1. The first kappa shape index (κ1) is 11.3. The molecule has 1 atom stereocenters. The van der Waals surface area contributed by atoms with Crippen LogP contribution < -0.4 is 11.5 Å². The summed E-state index contributed by atoms with van der Waals surface area (Å²) < 4.78 is 0. The van der Waals surface area contributed by atoms with Crippen molar-refractivity contribution >= 4 is 5.69 Å². The maximum Gasteiger partial charge on any atom is 0.273 e. The normalized spacial score (nSPS) is 24.5. The van der Waals surface area contributed by atoms with Crippen molar-refractivity contribution in [3.63, 3.8) is 0 Å². The number of nitrogens with two attached hydrogens (primary N) is 2. The van der Waals surface area contributed by atoms with E-state index in [2.05, 4.69) is 5.11 Å². The molecule has 0 heterocycles. The van der Waals surface area contributed by atoms with Crippen LogP contribution in [-0.2, 0) is 0 Å². The van der Waals surface area contributed by atoms with Crippen molar-refractivity contribution in [3.8, 4) is 0 Å². The van der Waals surface area contributed by atoms with Crippen LogP contribution in [0.1, 0.15) is 6.42 Å². The topological polar surface area (TPSA) is 90.5 Å². The maximum atomic E-state index is 11.9. The highest BCUT2D eigenvalue weighted by Crippen LogP contribution is 2.20. The van der Waals surface area contributed by atoms with E-state index >= 15 is 0 Å². The van der Waals surface area contributed by atoms with Crippen LogP contribution in [0.4, 0.5) is 5.69 Å². The molecule has 0 aromatic heterocycles. The Morgan fingerprint density at radius 2 is 2.00 bits per heavy atom. The van der Waals surface area contributed by atoms with Crippen LogP contribution in [0.25, 0.3) is 0 Å². The van der Waals surface area contributed by atoms with Gasteiger partial charge >= 0.3 is 0 Å². The number of benzene rings is 1. The quantitative estimate of drug-likeness (QED) is 0.351. The summed E-state index contributed by atoms with van der Waals surface area (Å²) in [6.45, 7) is 0. The van der Waals surface area contributed by atoms with Crippen LogP contribution in [0.15, 0.2) is 59.4 Å². The molecule has 1 aliphatic rings. The minimum absolute atomic E-state index is 0.342. The van der Waals surface area contributed by atoms with Gasteiger partial charge in [0.15, 0.2) is 0 Å². The molecular formula is C12H14N4O. The fourth-order valence-electron chi connectivity index (χ4n) is 1.49. The highest BCUT2D eigenvalue weighted by Gasteiger charge is 2.33. The molecule has 1 aromatic rings. The van der Waals surface area contributed by atoms with Crippen molar-refractivity contribution in [2.75, 3.05) is 0 Å². The van der Waals surface area contributed by atoms with Gasteiger partial charge in [0.25, 0.3) is 5.66 Å². The summed E-state index contributed by atoms with van der Waals surface area (Å²) >= 11 is 0. The number of allylic oxidation sites excluding steroid dienone is 1. The van der Waals surface area contributed by atoms with Crippen LogP contribution in [-0.4, -0.2) is 10.5 Å². The van der Waals surface area contributed by atoms with Crippen LogP contribution >= 0.6 is 0 Å². The molecule has 1 aromatic carbocycles. The minimum atomic E-state index is -1.15. The fourth-order valence-corrected chi connectivity index (χ4v) is 1.49. The maximum absolute atomic E-state index is 11.9. The van der Waals surface area contributed by atoms with E-state index in [4.69, 9.17) is 11.5 Å². The molecule has 0 radical (unpaired) electrons. The molecule has 2 rings (SSSR count). The largest absolute Gasteiger partial charge is 0.598 e. The Labute approximate surface area is 99.3 Å². The van der Waals surface area contributed by atoms with Gasteiger partial charge in [-0.2, -0.15) is 0 Å². The Morgan fingerprint density at radius 3 is 2.59 bits per heavy atom. The zero-order chi connectivity index (χ0) is 12.3. The lowest BCUT2D eigenvalue weighted by atomic mass is 10.0. The van der Waals surface area contributed by atoms with Gasteiger partial charge in [0, 0.05) is 16.9 Å². The third-order valence-electron chi connectivity index (χ3n) is 2.55. The Balaban J connectivity index is 2.24. The van der Waals surface area contributed by atoms with E-state index in [1.165, 1.54) is 0 Å². The zero-order valence-electron chi connectivity index (χ0n) is 9.28. The first-order valence-corrected chi connectivity index (χ1v) is 5.28. The Kier molecular flexibility index (Phi) is 2.93. The number of hydrogen-bond donors (Lipinski definition) is 2. The minimum Gasteiger partial charge on any atom is -0.598 e. The second-order valence-corrected chi connectivity index (χ2v) is 3.94. The number of azo groups is 1. The molecule has 1 unspecified atom stereocenters. The lowest BCUT2D eigenvalue weighted by Crippen LogP contribution is -2.46.